The lowest BCUT2D eigenvalue weighted by atomic mass is 10.1. The summed E-state index contributed by atoms with van der Waals surface area (Å²) in [5.74, 6) is 0.0620. The molecule has 1 heterocycles. The van der Waals surface area contributed by atoms with Gasteiger partial charge < -0.3 is 10.6 Å². The van der Waals surface area contributed by atoms with Crippen molar-refractivity contribution in [2.75, 3.05) is 18.4 Å². The molecule has 8 nitrogen and oxygen atoms in total. The van der Waals surface area contributed by atoms with Crippen molar-refractivity contribution in [1.82, 2.24) is 15.3 Å². The number of hydrogen-bond acceptors (Lipinski definition) is 6. The van der Waals surface area contributed by atoms with E-state index in [1.807, 2.05) is 0 Å². The highest BCUT2D eigenvalue weighted by Gasteiger charge is 2.10. The summed E-state index contributed by atoms with van der Waals surface area (Å²) < 4.78 is 22.4. The molecule has 0 saturated heterocycles. The van der Waals surface area contributed by atoms with Gasteiger partial charge in [0.2, 0.25) is 16.0 Å². The molecule has 138 valence electrons. The second kappa shape index (κ2) is 8.54. The smallest absolute Gasteiger partial charge is 0.270 e. The number of carbonyl (C=O) groups excluding carboxylic acids is 1. The molecule has 1 amide bonds. The van der Waals surface area contributed by atoms with Crippen LogP contribution in [0.2, 0.25) is 0 Å². The maximum atomic E-state index is 12.3. The first-order chi connectivity index (χ1) is 12.3. The molecule has 9 heteroatoms. The van der Waals surface area contributed by atoms with E-state index < -0.39 is 10.0 Å². The van der Waals surface area contributed by atoms with Crippen molar-refractivity contribution in [3.63, 3.8) is 0 Å². The summed E-state index contributed by atoms with van der Waals surface area (Å²) in [4.78, 5) is 20.7. The van der Waals surface area contributed by atoms with E-state index in [1.54, 1.807) is 31.2 Å². The van der Waals surface area contributed by atoms with Gasteiger partial charge in [0.05, 0.1) is 4.90 Å². The molecular formula is C17H21N5O3S. The number of nitrogens with two attached hydrogens (primary N) is 1. The van der Waals surface area contributed by atoms with Gasteiger partial charge in [0, 0.05) is 18.8 Å². The van der Waals surface area contributed by atoms with Crippen LogP contribution in [0.4, 0.5) is 5.95 Å². The highest BCUT2D eigenvalue weighted by atomic mass is 32.2. The van der Waals surface area contributed by atoms with Gasteiger partial charge in [-0.25, -0.2) is 23.5 Å². The van der Waals surface area contributed by atoms with E-state index in [4.69, 9.17) is 5.14 Å². The van der Waals surface area contributed by atoms with E-state index in [-0.39, 0.29) is 16.5 Å². The van der Waals surface area contributed by atoms with Gasteiger partial charge in [0.1, 0.15) is 5.69 Å². The Labute approximate surface area is 152 Å². The molecule has 1 aromatic carbocycles. The number of benzene rings is 1. The standard InChI is InChI=1S/C17H21N5O3S/c1-3-9-20-17-21-12(2)11-15(22-17)16(23)19-10-8-13-4-6-14(7-5-13)26(18,24)25/h3-7,11H,1,8-10H2,2H3,(H,19,23)(H2,18,24,25)(H,20,21,22). The van der Waals surface area contributed by atoms with Crippen LogP contribution >= 0.6 is 0 Å². The molecular weight excluding hydrogens is 354 g/mol. The molecule has 4 N–H and O–H groups in total. The average molecular weight is 375 g/mol. The number of rotatable bonds is 8. The van der Waals surface area contributed by atoms with E-state index in [0.717, 1.165) is 5.56 Å². The second-order valence-electron chi connectivity index (χ2n) is 5.58. The fourth-order valence-corrected chi connectivity index (χ4v) is 2.70. The van der Waals surface area contributed by atoms with Crippen LogP contribution in [0.5, 0.6) is 0 Å². The SMILES string of the molecule is C=CCNc1nc(C)cc(C(=O)NCCc2ccc(S(N)(=O)=O)cc2)n1. The molecule has 0 unspecified atom stereocenters. The predicted molar refractivity (Wildman–Crippen MR) is 99.3 cm³/mol. The van der Waals surface area contributed by atoms with Crippen LogP contribution in [0.15, 0.2) is 47.9 Å². The third-order valence-corrected chi connectivity index (χ3v) is 4.37. The number of sulfonamides is 1. The van der Waals surface area contributed by atoms with Crippen molar-refractivity contribution in [2.24, 2.45) is 5.14 Å². The highest BCUT2D eigenvalue weighted by Crippen LogP contribution is 2.09. The summed E-state index contributed by atoms with van der Waals surface area (Å²) in [6.07, 6.45) is 2.22. The number of primary sulfonamides is 1. The molecule has 0 fully saturated rings. The highest BCUT2D eigenvalue weighted by molar-refractivity contribution is 7.89. The molecule has 2 rings (SSSR count). The van der Waals surface area contributed by atoms with E-state index in [2.05, 4.69) is 27.2 Å². The third kappa shape index (κ3) is 5.64. The molecule has 0 radical (unpaired) electrons. The minimum atomic E-state index is -3.70. The Morgan fingerprint density at radius 2 is 1.96 bits per heavy atom. The largest absolute Gasteiger partial charge is 0.351 e. The summed E-state index contributed by atoms with van der Waals surface area (Å²) in [7, 11) is -3.70. The topological polar surface area (TPSA) is 127 Å². The summed E-state index contributed by atoms with van der Waals surface area (Å²) in [6, 6.07) is 7.82. The quantitative estimate of drug-likeness (QED) is 0.591. The summed E-state index contributed by atoms with van der Waals surface area (Å²) in [5, 5.41) is 10.8. The van der Waals surface area contributed by atoms with E-state index in [9.17, 15) is 13.2 Å². The fraction of sp³-hybridized carbons (Fsp3) is 0.235. The van der Waals surface area contributed by atoms with Crippen LogP contribution in [0.3, 0.4) is 0 Å². The lowest BCUT2D eigenvalue weighted by molar-refractivity contribution is 0.0949. The molecule has 0 aliphatic carbocycles. The number of carbonyl (C=O) groups is 1. The van der Waals surface area contributed by atoms with Crippen molar-refractivity contribution in [3.8, 4) is 0 Å². The normalized spacial score (nSPS) is 11.0. The zero-order valence-electron chi connectivity index (χ0n) is 14.4. The number of aryl methyl sites for hydroxylation is 1. The van der Waals surface area contributed by atoms with Gasteiger partial charge >= 0.3 is 0 Å². The molecule has 26 heavy (non-hydrogen) atoms. The Hall–Kier alpha value is -2.78. The van der Waals surface area contributed by atoms with Gasteiger partial charge in [-0.15, -0.1) is 6.58 Å². The van der Waals surface area contributed by atoms with Gasteiger partial charge in [0.25, 0.3) is 5.91 Å². The van der Waals surface area contributed by atoms with Crippen molar-refractivity contribution in [3.05, 3.63) is 59.9 Å². The molecule has 0 aliphatic rings. The van der Waals surface area contributed by atoms with Gasteiger partial charge in [-0.1, -0.05) is 18.2 Å². The molecule has 1 aromatic heterocycles. The number of amides is 1. The first-order valence-electron chi connectivity index (χ1n) is 7.90. The van der Waals surface area contributed by atoms with Gasteiger partial charge in [-0.2, -0.15) is 0 Å². The van der Waals surface area contributed by atoms with E-state index in [0.29, 0.717) is 31.2 Å². The Morgan fingerprint density at radius 1 is 1.27 bits per heavy atom. The number of hydrogen-bond donors (Lipinski definition) is 3. The second-order valence-corrected chi connectivity index (χ2v) is 7.14. The summed E-state index contributed by atoms with van der Waals surface area (Å²) >= 11 is 0. The van der Waals surface area contributed by atoms with Crippen molar-refractivity contribution in [1.29, 1.82) is 0 Å². The number of nitrogens with one attached hydrogen (secondary N) is 2. The lowest BCUT2D eigenvalue weighted by Gasteiger charge is -2.08. The Morgan fingerprint density at radius 3 is 2.58 bits per heavy atom. The molecule has 0 bridgehead atoms. The van der Waals surface area contributed by atoms with Crippen molar-refractivity contribution >= 4 is 21.9 Å². The lowest BCUT2D eigenvalue weighted by Crippen LogP contribution is -2.27. The zero-order chi connectivity index (χ0) is 19.2. The van der Waals surface area contributed by atoms with Crippen LogP contribution in [0.1, 0.15) is 21.7 Å². The van der Waals surface area contributed by atoms with Crippen LogP contribution < -0.4 is 15.8 Å². The van der Waals surface area contributed by atoms with E-state index >= 15 is 0 Å². The van der Waals surface area contributed by atoms with Crippen LogP contribution in [0, 0.1) is 6.92 Å². The van der Waals surface area contributed by atoms with Gasteiger partial charge in [-0.3, -0.25) is 4.79 Å². The molecule has 0 spiro atoms. The number of anilines is 1. The maximum absolute atomic E-state index is 12.3. The Kier molecular flexibility index (Phi) is 6.42. The fourth-order valence-electron chi connectivity index (χ4n) is 2.18. The first-order valence-corrected chi connectivity index (χ1v) is 9.44. The van der Waals surface area contributed by atoms with E-state index in [1.165, 1.54) is 12.1 Å². The van der Waals surface area contributed by atoms with Gasteiger partial charge in [0.15, 0.2) is 0 Å². The predicted octanol–water partition coefficient (Wildman–Crippen LogP) is 1.00. The average Bonchev–Trinajstić information content (AvgIpc) is 2.59. The van der Waals surface area contributed by atoms with Crippen LogP contribution in [-0.4, -0.2) is 37.4 Å². The number of nitrogens with zero attached hydrogens (tertiary/aromatic N) is 2. The summed E-state index contributed by atoms with van der Waals surface area (Å²) in [6.45, 7) is 6.27. The Balaban J connectivity index is 1.94. The first kappa shape index (κ1) is 19.5. The minimum absolute atomic E-state index is 0.0568. The molecule has 0 saturated carbocycles. The van der Waals surface area contributed by atoms with Crippen molar-refractivity contribution in [2.45, 2.75) is 18.2 Å². The van der Waals surface area contributed by atoms with Gasteiger partial charge in [-0.05, 0) is 37.1 Å². The molecule has 2 aromatic rings. The number of aromatic nitrogens is 2. The molecule has 0 atom stereocenters. The monoisotopic (exact) mass is 375 g/mol. The summed E-state index contributed by atoms with van der Waals surface area (Å²) in [5.41, 5.74) is 1.83. The maximum Gasteiger partial charge on any atom is 0.270 e. The molecule has 0 aliphatic heterocycles. The zero-order valence-corrected chi connectivity index (χ0v) is 15.2. The van der Waals surface area contributed by atoms with Crippen LogP contribution in [0.25, 0.3) is 0 Å². The van der Waals surface area contributed by atoms with Crippen LogP contribution in [-0.2, 0) is 16.4 Å². The third-order valence-electron chi connectivity index (χ3n) is 3.44. The Bertz CT molecular complexity index is 895. The minimum Gasteiger partial charge on any atom is -0.351 e. The van der Waals surface area contributed by atoms with Crippen molar-refractivity contribution < 1.29 is 13.2 Å².